The Morgan fingerprint density at radius 1 is 1.00 bits per heavy atom. The predicted octanol–water partition coefficient (Wildman–Crippen LogP) is 3.88. The summed E-state index contributed by atoms with van der Waals surface area (Å²) in [6, 6.07) is 14.7. The molecule has 0 saturated carbocycles. The lowest BCUT2D eigenvalue weighted by molar-refractivity contribution is 0.0668. The zero-order valence-electron chi connectivity index (χ0n) is 14.7. The van der Waals surface area contributed by atoms with Gasteiger partial charge in [0.2, 0.25) is 0 Å². The van der Waals surface area contributed by atoms with Gasteiger partial charge < -0.3 is 9.80 Å². The van der Waals surface area contributed by atoms with Gasteiger partial charge in [-0.2, -0.15) is 11.8 Å². The Labute approximate surface area is 154 Å². The summed E-state index contributed by atoms with van der Waals surface area (Å²) in [4.78, 5) is 18.2. The molecule has 2 aliphatic heterocycles. The van der Waals surface area contributed by atoms with E-state index in [2.05, 4.69) is 28.0 Å². The van der Waals surface area contributed by atoms with Gasteiger partial charge in [0.25, 0.3) is 5.91 Å². The fraction of sp³-hybridized carbons (Fsp3) is 0.476. The molecule has 1 atom stereocenters. The number of hydrogen-bond donors (Lipinski definition) is 0. The maximum Gasteiger partial charge on any atom is 0.254 e. The Morgan fingerprint density at radius 3 is 2.68 bits per heavy atom. The molecule has 0 bridgehead atoms. The highest BCUT2D eigenvalue weighted by Gasteiger charge is 2.29. The van der Waals surface area contributed by atoms with Crippen LogP contribution >= 0.6 is 11.8 Å². The van der Waals surface area contributed by atoms with Gasteiger partial charge in [-0.25, -0.2) is 0 Å². The predicted molar refractivity (Wildman–Crippen MR) is 106 cm³/mol. The van der Waals surface area contributed by atoms with E-state index in [1.165, 1.54) is 25.9 Å². The van der Waals surface area contributed by atoms with Crippen molar-refractivity contribution in [3.8, 4) is 0 Å². The van der Waals surface area contributed by atoms with E-state index in [1.54, 1.807) is 0 Å². The average molecular weight is 355 g/mol. The molecule has 2 aromatic carbocycles. The summed E-state index contributed by atoms with van der Waals surface area (Å²) in [5, 5.41) is 2.22. The number of thioether (sulfide) groups is 1. The standard InChI is InChI=1S/C21H26N2OS/c24-21(20-10-5-8-17-7-1-2-9-19(17)20)23-13-6-14-25-16-18(23)15-22-11-3-4-12-22/h1-2,5,7-10,18H,3-4,6,11-16H2. The second-order valence-corrected chi connectivity index (χ2v) is 8.27. The third-order valence-corrected chi connectivity index (χ3v) is 6.59. The molecule has 132 valence electrons. The number of carbonyl (C=O) groups excluding carboxylic acids is 1. The fourth-order valence-corrected chi connectivity index (χ4v) is 5.13. The van der Waals surface area contributed by atoms with E-state index >= 15 is 0 Å². The minimum absolute atomic E-state index is 0.212. The summed E-state index contributed by atoms with van der Waals surface area (Å²) in [6.07, 6.45) is 3.70. The normalized spacial score (nSPS) is 22.2. The van der Waals surface area contributed by atoms with E-state index in [-0.39, 0.29) is 5.91 Å². The van der Waals surface area contributed by atoms with E-state index in [0.29, 0.717) is 6.04 Å². The van der Waals surface area contributed by atoms with Gasteiger partial charge in [-0.15, -0.1) is 0 Å². The quantitative estimate of drug-likeness (QED) is 0.836. The molecular weight excluding hydrogens is 328 g/mol. The van der Waals surface area contributed by atoms with Crippen LogP contribution < -0.4 is 0 Å². The molecular formula is C21H26N2OS. The lowest BCUT2D eigenvalue weighted by Crippen LogP contribution is -2.47. The highest BCUT2D eigenvalue weighted by Crippen LogP contribution is 2.25. The molecule has 2 saturated heterocycles. The van der Waals surface area contributed by atoms with Crippen molar-refractivity contribution in [3.05, 3.63) is 48.0 Å². The molecule has 0 N–H and O–H groups in total. The van der Waals surface area contributed by atoms with E-state index in [4.69, 9.17) is 0 Å². The van der Waals surface area contributed by atoms with Crippen molar-refractivity contribution < 1.29 is 4.79 Å². The van der Waals surface area contributed by atoms with Crippen LogP contribution in [0.15, 0.2) is 42.5 Å². The zero-order valence-corrected chi connectivity index (χ0v) is 15.5. The van der Waals surface area contributed by atoms with Gasteiger partial charge in [0.1, 0.15) is 0 Å². The van der Waals surface area contributed by atoms with E-state index < -0.39 is 0 Å². The summed E-state index contributed by atoms with van der Waals surface area (Å²) in [7, 11) is 0. The molecule has 2 heterocycles. The first-order valence-electron chi connectivity index (χ1n) is 9.42. The first kappa shape index (κ1) is 16.9. The molecule has 2 fully saturated rings. The second-order valence-electron chi connectivity index (χ2n) is 7.12. The van der Waals surface area contributed by atoms with Crippen LogP contribution in [0.1, 0.15) is 29.6 Å². The SMILES string of the molecule is O=C(c1cccc2ccccc12)N1CCCSCC1CN1CCCC1. The van der Waals surface area contributed by atoms with Gasteiger partial charge in [-0.1, -0.05) is 36.4 Å². The number of fused-ring (bicyclic) bond motifs is 1. The summed E-state index contributed by atoms with van der Waals surface area (Å²) in [6.45, 7) is 4.30. The fourth-order valence-electron chi connectivity index (χ4n) is 4.08. The number of nitrogens with zero attached hydrogens (tertiary/aromatic N) is 2. The van der Waals surface area contributed by atoms with Crippen molar-refractivity contribution in [1.29, 1.82) is 0 Å². The number of rotatable bonds is 3. The second kappa shape index (κ2) is 7.79. The summed E-state index contributed by atoms with van der Waals surface area (Å²) in [5.74, 6) is 2.44. The topological polar surface area (TPSA) is 23.6 Å². The zero-order chi connectivity index (χ0) is 17.1. The molecule has 1 unspecified atom stereocenters. The van der Waals surface area contributed by atoms with Gasteiger partial charge in [0, 0.05) is 24.4 Å². The van der Waals surface area contributed by atoms with Crippen LogP contribution in [0.25, 0.3) is 10.8 Å². The van der Waals surface area contributed by atoms with Gasteiger partial charge in [0.15, 0.2) is 0 Å². The molecule has 0 spiro atoms. The number of benzene rings is 2. The van der Waals surface area contributed by atoms with Gasteiger partial charge in [-0.05, 0) is 54.9 Å². The molecule has 0 radical (unpaired) electrons. The van der Waals surface area contributed by atoms with E-state index in [0.717, 1.165) is 47.4 Å². The number of hydrogen-bond acceptors (Lipinski definition) is 3. The first-order valence-corrected chi connectivity index (χ1v) is 10.6. The van der Waals surface area contributed by atoms with Crippen molar-refractivity contribution in [2.24, 2.45) is 0 Å². The van der Waals surface area contributed by atoms with Crippen molar-refractivity contribution >= 4 is 28.4 Å². The Bertz CT molecular complexity index is 736. The third kappa shape index (κ3) is 3.70. The maximum absolute atomic E-state index is 13.4. The Morgan fingerprint density at radius 2 is 1.80 bits per heavy atom. The number of carbonyl (C=O) groups is 1. The lowest BCUT2D eigenvalue weighted by Gasteiger charge is -2.33. The van der Waals surface area contributed by atoms with Crippen molar-refractivity contribution in [2.75, 3.05) is 37.7 Å². The van der Waals surface area contributed by atoms with Gasteiger partial charge in [-0.3, -0.25) is 4.79 Å². The van der Waals surface area contributed by atoms with Crippen LogP contribution in [0.5, 0.6) is 0 Å². The minimum atomic E-state index is 0.212. The average Bonchev–Trinajstić information content (AvgIpc) is 3.05. The maximum atomic E-state index is 13.4. The van der Waals surface area contributed by atoms with E-state index in [9.17, 15) is 4.79 Å². The molecule has 25 heavy (non-hydrogen) atoms. The third-order valence-electron chi connectivity index (χ3n) is 5.39. The largest absolute Gasteiger partial charge is 0.333 e. The molecule has 0 aliphatic carbocycles. The summed E-state index contributed by atoms with van der Waals surface area (Å²) >= 11 is 2.01. The summed E-state index contributed by atoms with van der Waals surface area (Å²) in [5.41, 5.74) is 0.858. The Kier molecular flexibility index (Phi) is 5.28. The molecule has 4 rings (SSSR count). The highest BCUT2D eigenvalue weighted by molar-refractivity contribution is 7.99. The molecule has 2 aliphatic rings. The molecule has 3 nitrogen and oxygen atoms in total. The van der Waals surface area contributed by atoms with E-state index in [1.807, 2.05) is 36.0 Å². The number of amides is 1. The van der Waals surface area contributed by atoms with Crippen molar-refractivity contribution in [2.45, 2.75) is 25.3 Å². The van der Waals surface area contributed by atoms with Crippen LogP contribution in [0.2, 0.25) is 0 Å². The van der Waals surface area contributed by atoms with Gasteiger partial charge in [0.05, 0.1) is 6.04 Å². The number of likely N-dealkylation sites (tertiary alicyclic amines) is 1. The smallest absolute Gasteiger partial charge is 0.254 e. The monoisotopic (exact) mass is 354 g/mol. The van der Waals surface area contributed by atoms with Crippen LogP contribution in [-0.4, -0.2) is 59.4 Å². The first-order chi connectivity index (χ1) is 12.3. The molecule has 0 aromatic heterocycles. The lowest BCUT2D eigenvalue weighted by atomic mass is 10.0. The van der Waals surface area contributed by atoms with Crippen molar-refractivity contribution in [1.82, 2.24) is 9.80 Å². The Balaban J connectivity index is 1.62. The van der Waals surface area contributed by atoms with Crippen molar-refractivity contribution in [3.63, 3.8) is 0 Å². The molecule has 2 aromatic rings. The van der Waals surface area contributed by atoms with Crippen LogP contribution in [0.4, 0.5) is 0 Å². The summed E-state index contributed by atoms with van der Waals surface area (Å²) < 4.78 is 0. The highest BCUT2D eigenvalue weighted by atomic mass is 32.2. The van der Waals surface area contributed by atoms with Crippen LogP contribution in [-0.2, 0) is 0 Å². The minimum Gasteiger partial charge on any atom is -0.333 e. The van der Waals surface area contributed by atoms with Crippen LogP contribution in [0, 0.1) is 0 Å². The molecule has 4 heteroatoms. The Hall–Kier alpha value is -1.52. The van der Waals surface area contributed by atoms with Gasteiger partial charge >= 0.3 is 0 Å². The molecule has 1 amide bonds. The van der Waals surface area contributed by atoms with Crippen LogP contribution in [0.3, 0.4) is 0 Å².